The zero-order chi connectivity index (χ0) is 19.5. The smallest absolute Gasteiger partial charge is 0.206 e. The van der Waals surface area contributed by atoms with Crippen molar-refractivity contribution in [2.45, 2.75) is 13.0 Å². The number of carbonyl (C=O) groups is 2. The van der Waals surface area contributed by atoms with E-state index in [0.29, 0.717) is 21.8 Å². The Morgan fingerprint density at radius 2 is 1.36 bits per heavy atom. The Morgan fingerprint density at radius 1 is 0.786 bits per heavy atom. The summed E-state index contributed by atoms with van der Waals surface area (Å²) in [7, 11) is 0. The molecule has 3 nitrogen and oxygen atoms in total. The first kappa shape index (κ1) is 18.1. The predicted octanol–water partition coefficient (Wildman–Crippen LogP) is 5.78. The van der Waals surface area contributed by atoms with Gasteiger partial charge in [0.15, 0.2) is 6.10 Å². The van der Waals surface area contributed by atoms with Gasteiger partial charge in [-0.25, -0.2) is 0 Å². The molecule has 1 unspecified atom stereocenters. The van der Waals surface area contributed by atoms with Crippen LogP contribution in [0.15, 0.2) is 84.9 Å². The molecule has 28 heavy (non-hydrogen) atoms. The third-order valence-electron chi connectivity index (χ3n) is 4.51. The maximum Gasteiger partial charge on any atom is 0.206 e. The Bertz CT molecular complexity index is 1130. The number of carbonyl (C=O) groups excluding carboxylic acids is 2. The zero-order valence-corrected chi connectivity index (χ0v) is 16.1. The minimum absolute atomic E-state index is 0.101. The molecule has 0 N–H and O–H groups in total. The molecule has 1 heterocycles. The third kappa shape index (κ3) is 3.47. The molecule has 0 amide bonds. The van der Waals surface area contributed by atoms with Gasteiger partial charge < -0.3 is 4.74 Å². The van der Waals surface area contributed by atoms with Gasteiger partial charge in [-0.1, -0.05) is 72.8 Å². The van der Waals surface area contributed by atoms with E-state index in [-0.39, 0.29) is 11.6 Å². The number of hydrogen-bond acceptors (Lipinski definition) is 4. The molecule has 0 saturated heterocycles. The van der Waals surface area contributed by atoms with Gasteiger partial charge in [0.05, 0.1) is 0 Å². The lowest BCUT2D eigenvalue weighted by atomic mass is 10.1. The first-order valence-corrected chi connectivity index (χ1v) is 9.84. The van der Waals surface area contributed by atoms with Crippen LogP contribution in [0.3, 0.4) is 0 Å². The average molecular weight is 386 g/mol. The van der Waals surface area contributed by atoms with Crippen LogP contribution in [-0.4, -0.2) is 17.7 Å². The van der Waals surface area contributed by atoms with Crippen LogP contribution in [-0.2, 0) is 0 Å². The molecule has 3 aromatic carbocycles. The van der Waals surface area contributed by atoms with Gasteiger partial charge in [-0.3, -0.25) is 9.59 Å². The van der Waals surface area contributed by atoms with Crippen molar-refractivity contribution in [2.24, 2.45) is 0 Å². The summed E-state index contributed by atoms with van der Waals surface area (Å²) in [5.74, 6) is 0.261. The molecular weight excluding hydrogens is 368 g/mol. The fourth-order valence-corrected chi connectivity index (χ4v) is 4.17. The van der Waals surface area contributed by atoms with Gasteiger partial charge in [-0.05, 0) is 19.1 Å². The maximum atomic E-state index is 13.1. The second-order valence-electron chi connectivity index (χ2n) is 6.44. The normalized spacial score (nSPS) is 11.9. The Hall–Kier alpha value is -3.24. The predicted molar refractivity (Wildman–Crippen MR) is 113 cm³/mol. The van der Waals surface area contributed by atoms with E-state index in [1.54, 1.807) is 31.2 Å². The highest BCUT2D eigenvalue weighted by atomic mass is 32.1. The van der Waals surface area contributed by atoms with Gasteiger partial charge in [-0.15, -0.1) is 11.3 Å². The van der Waals surface area contributed by atoms with Gasteiger partial charge in [0.25, 0.3) is 0 Å². The topological polar surface area (TPSA) is 43.4 Å². The molecule has 0 spiro atoms. The Kier molecular flexibility index (Phi) is 5.04. The van der Waals surface area contributed by atoms with Crippen molar-refractivity contribution < 1.29 is 14.3 Å². The molecule has 4 rings (SSSR count). The minimum Gasteiger partial charge on any atom is -0.480 e. The number of benzene rings is 3. The molecule has 4 aromatic rings. The van der Waals surface area contributed by atoms with Crippen molar-refractivity contribution in [1.29, 1.82) is 0 Å². The number of Topliss-reactive ketones (excluding diaryl/α,β-unsaturated/α-hetero) is 1. The lowest BCUT2D eigenvalue weighted by Gasteiger charge is -2.15. The Balaban J connectivity index is 1.73. The van der Waals surface area contributed by atoms with Crippen LogP contribution >= 0.6 is 11.3 Å². The second kappa shape index (κ2) is 7.79. The van der Waals surface area contributed by atoms with E-state index in [2.05, 4.69) is 0 Å². The van der Waals surface area contributed by atoms with E-state index in [1.807, 2.05) is 60.7 Å². The molecular formula is C24H18O3S. The quantitative estimate of drug-likeness (QED) is 0.394. The molecule has 138 valence electrons. The van der Waals surface area contributed by atoms with Gasteiger partial charge in [0, 0.05) is 21.2 Å². The first-order valence-electron chi connectivity index (χ1n) is 9.02. The standard InChI is InChI=1S/C24H18O3S/c1-16(21(25)17-10-4-2-5-11-17)27-23-19-14-8-9-15-20(19)28-24(23)22(26)18-12-6-3-7-13-18/h2-16H,1H3. The lowest BCUT2D eigenvalue weighted by molar-refractivity contribution is 0.0816. The molecule has 0 fully saturated rings. The number of hydrogen-bond donors (Lipinski definition) is 0. The SMILES string of the molecule is CC(Oc1c(C(=O)c2ccccc2)sc2ccccc12)C(=O)c1ccccc1. The van der Waals surface area contributed by atoms with Gasteiger partial charge in [0.1, 0.15) is 10.6 Å². The van der Waals surface area contributed by atoms with E-state index in [0.717, 1.165) is 10.1 Å². The van der Waals surface area contributed by atoms with Crippen LogP contribution in [0.4, 0.5) is 0 Å². The number of ether oxygens (including phenoxy) is 1. The summed E-state index contributed by atoms with van der Waals surface area (Å²) in [5.41, 5.74) is 1.19. The molecule has 1 aromatic heterocycles. The summed E-state index contributed by atoms with van der Waals surface area (Å²) in [4.78, 5) is 26.4. The van der Waals surface area contributed by atoms with E-state index in [1.165, 1.54) is 11.3 Å². The highest BCUT2D eigenvalue weighted by molar-refractivity contribution is 7.21. The van der Waals surface area contributed by atoms with Crippen molar-refractivity contribution in [3.8, 4) is 5.75 Å². The van der Waals surface area contributed by atoms with E-state index < -0.39 is 6.10 Å². The largest absolute Gasteiger partial charge is 0.480 e. The zero-order valence-electron chi connectivity index (χ0n) is 15.3. The van der Waals surface area contributed by atoms with Crippen molar-refractivity contribution in [3.05, 3.63) is 101 Å². The number of fused-ring (bicyclic) bond motifs is 1. The van der Waals surface area contributed by atoms with Crippen LogP contribution in [0, 0.1) is 0 Å². The fourth-order valence-electron chi connectivity index (χ4n) is 3.08. The summed E-state index contributed by atoms with van der Waals surface area (Å²) in [5, 5.41) is 0.847. The van der Waals surface area contributed by atoms with Crippen molar-refractivity contribution in [3.63, 3.8) is 0 Å². The van der Waals surface area contributed by atoms with Gasteiger partial charge in [0.2, 0.25) is 11.6 Å². The first-order chi connectivity index (χ1) is 13.6. The molecule has 0 radical (unpaired) electrons. The summed E-state index contributed by atoms with van der Waals surface area (Å²) in [6.07, 6.45) is -0.706. The molecule has 4 heteroatoms. The summed E-state index contributed by atoms with van der Waals surface area (Å²) in [6, 6.07) is 25.9. The summed E-state index contributed by atoms with van der Waals surface area (Å²) in [6.45, 7) is 1.72. The summed E-state index contributed by atoms with van der Waals surface area (Å²) >= 11 is 1.39. The molecule has 1 atom stereocenters. The van der Waals surface area contributed by atoms with Crippen molar-refractivity contribution >= 4 is 33.0 Å². The molecule has 0 saturated carbocycles. The van der Waals surface area contributed by atoms with Crippen molar-refractivity contribution in [2.75, 3.05) is 0 Å². The maximum absolute atomic E-state index is 13.1. The number of thiophene rings is 1. The van der Waals surface area contributed by atoms with Crippen LogP contribution in [0.25, 0.3) is 10.1 Å². The molecule has 0 bridgehead atoms. The monoisotopic (exact) mass is 386 g/mol. The summed E-state index contributed by atoms with van der Waals surface area (Å²) < 4.78 is 7.05. The van der Waals surface area contributed by atoms with Crippen LogP contribution in [0.2, 0.25) is 0 Å². The number of rotatable bonds is 6. The van der Waals surface area contributed by atoms with Crippen LogP contribution in [0.5, 0.6) is 5.75 Å². The fraction of sp³-hybridized carbons (Fsp3) is 0.0833. The van der Waals surface area contributed by atoms with Gasteiger partial charge >= 0.3 is 0 Å². The number of ketones is 2. The average Bonchev–Trinajstić information content (AvgIpc) is 3.12. The van der Waals surface area contributed by atoms with Crippen molar-refractivity contribution in [1.82, 2.24) is 0 Å². The molecule has 0 aliphatic carbocycles. The van der Waals surface area contributed by atoms with Crippen LogP contribution in [0.1, 0.15) is 32.5 Å². The molecule has 0 aliphatic heterocycles. The minimum atomic E-state index is -0.706. The molecule has 0 aliphatic rings. The van der Waals surface area contributed by atoms with E-state index >= 15 is 0 Å². The highest BCUT2D eigenvalue weighted by Crippen LogP contribution is 2.39. The third-order valence-corrected chi connectivity index (χ3v) is 5.67. The lowest BCUT2D eigenvalue weighted by Crippen LogP contribution is -2.24. The second-order valence-corrected chi connectivity index (χ2v) is 7.49. The van der Waals surface area contributed by atoms with E-state index in [4.69, 9.17) is 4.74 Å². The highest BCUT2D eigenvalue weighted by Gasteiger charge is 2.25. The van der Waals surface area contributed by atoms with E-state index in [9.17, 15) is 9.59 Å². The van der Waals surface area contributed by atoms with Gasteiger partial charge in [-0.2, -0.15) is 0 Å². The Morgan fingerprint density at radius 3 is 2.04 bits per heavy atom. The van der Waals surface area contributed by atoms with Crippen LogP contribution < -0.4 is 4.74 Å². The Labute approximate surface area is 167 Å².